The van der Waals surface area contributed by atoms with Crippen LogP contribution in [0, 0.1) is 12.8 Å². The maximum absolute atomic E-state index is 12.9. The lowest BCUT2D eigenvalue weighted by molar-refractivity contribution is -0.121. The minimum absolute atomic E-state index is 0.0350. The SMILES string of the molecule is Cc1cc(NC(=O)C2CCN(Cc3nc(-c4ccccc4Cl)no3)CC2)ccc1N1CCCC1=O. The second-order valence-corrected chi connectivity index (χ2v) is 9.59. The van der Waals surface area contributed by atoms with Crippen molar-refractivity contribution < 1.29 is 14.1 Å². The highest BCUT2D eigenvalue weighted by Crippen LogP contribution is 2.29. The molecular weight excluding hydrogens is 466 g/mol. The van der Waals surface area contributed by atoms with Crippen LogP contribution in [0.2, 0.25) is 5.02 Å². The van der Waals surface area contributed by atoms with Gasteiger partial charge in [-0.2, -0.15) is 4.98 Å². The third kappa shape index (κ3) is 5.23. The summed E-state index contributed by atoms with van der Waals surface area (Å²) in [6.07, 6.45) is 3.02. The Morgan fingerprint density at radius 3 is 2.69 bits per heavy atom. The molecule has 9 heteroatoms. The summed E-state index contributed by atoms with van der Waals surface area (Å²) in [6.45, 7) is 4.83. The molecule has 0 aliphatic carbocycles. The Labute approximate surface area is 209 Å². The molecule has 0 unspecified atom stereocenters. The molecule has 2 aliphatic heterocycles. The van der Waals surface area contributed by atoms with Crippen molar-refractivity contribution in [1.29, 1.82) is 0 Å². The van der Waals surface area contributed by atoms with E-state index in [0.717, 1.165) is 61.4 Å². The third-order valence-corrected chi connectivity index (χ3v) is 7.06. The molecule has 0 spiro atoms. The number of aryl methyl sites for hydroxylation is 1. The van der Waals surface area contributed by atoms with Crippen molar-refractivity contribution in [2.45, 2.75) is 39.2 Å². The molecule has 3 aromatic rings. The molecule has 35 heavy (non-hydrogen) atoms. The van der Waals surface area contributed by atoms with Crippen molar-refractivity contribution in [3.05, 3.63) is 58.9 Å². The molecular formula is C26H28ClN5O3. The fourth-order valence-corrected chi connectivity index (χ4v) is 5.02. The van der Waals surface area contributed by atoms with Gasteiger partial charge in [-0.1, -0.05) is 28.9 Å². The predicted molar refractivity (Wildman–Crippen MR) is 134 cm³/mol. The molecule has 2 aliphatic rings. The van der Waals surface area contributed by atoms with E-state index in [1.807, 2.05) is 48.2 Å². The van der Waals surface area contributed by atoms with Crippen LogP contribution < -0.4 is 10.2 Å². The maximum Gasteiger partial charge on any atom is 0.241 e. The zero-order valence-corrected chi connectivity index (χ0v) is 20.4. The van der Waals surface area contributed by atoms with Gasteiger partial charge in [0.15, 0.2) is 0 Å². The van der Waals surface area contributed by atoms with Crippen LogP contribution >= 0.6 is 11.6 Å². The van der Waals surface area contributed by atoms with Crippen LogP contribution in [0.15, 0.2) is 47.0 Å². The highest BCUT2D eigenvalue weighted by Gasteiger charge is 2.27. The van der Waals surface area contributed by atoms with E-state index >= 15 is 0 Å². The first-order valence-corrected chi connectivity index (χ1v) is 12.4. The number of benzene rings is 2. The van der Waals surface area contributed by atoms with Crippen molar-refractivity contribution >= 4 is 34.8 Å². The lowest BCUT2D eigenvalue weighted by atomic mass is 9.95. The first-order valence-electron chi connectivity index (χ1n) is 12.0. The van der Waals surface area contributed by atoms with Crippen molar-refractivity contribution in [2.75, 3.05) is 29.9 Å². The molecule has 5 rings (SSSR count). The number of anilines is 2. The van der Waals surface area contributed by atoms with Gasteiger partial charge in [-0.25, -0.2) is 0 Å². The average molecular weight is 494 g/mol. The number of nitrogens with one attached hydrogen (secondary N) is 1. The molecule has 2 saturated heterocycles. The van der Waals surface area contributed by atoms with E-state index in [1.54, 1.807) is 6.07 Å². The normalized spacial score (nSPS) is 17.2. The van der Waals surface area contributed by atoms with Gasteiger partial charge < -0.3 is 14.7 Å². The number of hydrogen-bond acceptors (Lipinski definition) is 6. The van der Waals surface area contributed by atoms with Crippen LogP contribution in [0.4, 0.5) is 11.4 Å². The number of amides is 2. The van der Waals surface area contributed by atoms with Gasteiger partial charge in [-0.3, -0.25) is 14.5 Å². The first kappa shape index (κ1) is 23.5. The van der Waals surface area contributed by atoms with Gasteiger partial charge in [-0.05, 0) is 75.2 Å². The smallest absolute Gasteiger partial charge is 0.241 e. The van der Waals surface area contributed by atoms with E-state index in [1.165, 1.54) is 0 Å². The summed E-state index contributed by atoms with van der Waals surface area (Å²) in [5.41, 5.74) is 3.43. The van der Waals surface area contributed by atoms with Gasteiger partial charge in [0.1, 0.15) is 0 Å². The summed E-state index contributed by atoms with van der Waals surface area (Å²) in [7, 11) is 0. The maximum atomic E-state index is 12.9. The van der Waals surface area contributed by atoms with Crippen LogP contribution in [-0.2, 0) is 16.1 Å². The zero-order valence-electron chi connectivity index (χ0n) is 19.7. The monoisotopic (exact) mass is 493 g/mol. The number of hydrogen-bond donors (Lipinski definition) is 1. The second kappa shape index (κ2) is 10.2. The van der Waals surface area contributed by atoms with Crippen LogP contribution in [0.25, 0.3) is 11.4 Å². The molecule has 0 atom stereocenters. The van der Waals surface area contributed by atoms with Crippen molar-refractivity contribution in [3.63, 3.8) is 0 Å². The van der Waals surface area contributed by atoms with E-state index in [-0.39, 0.29) is 17.7 Å². The summed E-state index contributed by atoms with van der Waals surface area (Å²) < 4.78 is 5.43. The van der Waals surface area contributed by atoms with Crippen molar-refractivity contribution in [2.24, 2.45) is 5.92 Å². The van der Waals surface area contributed by atoms with E-state index in [4.69, 9.17) is 16.1 Å². The molecule has 3 heterocycles. The van der Waals surface area contributed by atoms with Crippen LogP contribution in [0.3, 0.4) is 0 Å². The Hall–Kier alpha value is -3.23. The summed E-state index contributed by atoms with van der Waals surface area (Å²) >= 11 is 6.23. The zero-order chi connectivity index (χ0) is 24.4. The quantitative estimate of drug-likeness (QED) is 0.536. The largest absolute Gasteiger partial charge is 0.338 e. The fourth-order valence-electron chi connectivity index (χ4n) is 4.80. The summed E-state index contributed by atoms with van der Waals surface area (Å²) in [5, 5.41) is 7.71. The lowest BCUT2D eigenvalue weighted by Crippen LogP contribution is -2.37. The molecule has 2 aromatic carbocycles. The molecule has 8 nitrogen and oxygen atoms in total. The van der Waals surface area contributed by atoms with E-state index in [0.29, 0.717) is 29.7 Å². The Morgan fingerprint density at radius 1 is 1.17 bits per heavy atom. The standard InChI is InChI=1S/C26H28ClN5O3/c1-17-15-19(8-9-22(17)32-12-4-7-24(32)33)28-26(34)18-10-13-31(14-11-18)16-23-29-25(30-35-23)20-5-2-3-6-21(20)27/h2-3,5-6,8-9,15,18H,4,7,10-14,16H2,1H3,(H,28,34). The van der Waals surface area contributed by atoms with Crippen LogP contribution in [0.1, 0.15) is 37.1 Å². The van der Waals surface area contributed by atoms with Crippen molar-refractivity contribution in [1.82, 2.24) is 15.0 Å². The lowest BCUT2D eigenvalue weighted by Gasteiger charge is -2.30. The number of likely N-dealkylation sites (tertiary alicyclic amines) is 1. The Balaban J connectivity index is 1.13. The van der Waals surface area contributed by atoms with Gasteiger partial charge >= 0.3 is 0 Å². The van der Waals surface area contributed by atoms with Crippen molar-refractivity contribution in [3.8, 4) is 11.4 Å². The number of carbonyl (C=O) groups is 2. The number of carbonyl (C=O) groups excluding carboxylic acids is 2. The second-order valence-electron chi connectivity index (χ2n) is 9.18. The summed E-state index contributed by atoms with van der Waals surface area (Å²) in [5.74, 6) is 1.17. The minimum Gasteiger partial charge on any atom is -0.338 e. The highest BCUT2D eigenvalue weighted by atomic mass is 35.5. The first-order chi connectivity index (χ1) is 17.0. The van der Waals surface area contributed by atoms with E-state index in [2.05, 4.69) is 20.4 Å². The average Bonchev–Trinajstić information content (AvgIpc) is 3.49. The molecule has 1 N–H and O–H groups in total. The molecule has 0 bridgehead atoms. The van der Waals surface area contributed by atoms with E-state index < -0.39 is 0 Å². The Morgan fingerprint density at radius 2 is 1.97 bits per heavy atom. The third-order valence-electron chi connectivity index (χ3n) is 6.73. The molecule has 182 valence electrons. The number of piperidine rings is 1. The van der Waals surface area contributed by atoms with Gasteiger partial charge in [0.2, 0.25) is 23.5 Å². The highest BCUT2D eigenvalue weighted by molar-refractivity contribution is 6.33. The molecule has 2 amide bonds. The van der Waals surface area contributed by atoms with Crippen LogP contribution in [0.5, 0.6) is 0 Å². The van der Waals surface area contributed by atoms with Gasteiger partial charge in [0.05, 0.1) is 11.6 Å². The van der Waals surface area contributed by atoms with E-state index in [9.17, 15) is 9.59 Å². The fraction of sp³-hybridized carbons (Fsp3) is 0.385. The summed E-state index contributed by atoms with van der Waals surface area (Å²) in [6, 6.07) is 13.2. The number of rotatable bonds is 6. The van der Waals surface area contributed by atoms with Crippen LogP contribution in [-0.4, -0.2) is 46.5 Å². The predicted octanol–water partition coefficient (Wildman–Crippen LogP) is 4.68. The van der Waals surface area contributed by atoms with Gasteiger partial charge in [-0.15, -0.1) is 0 Å². The number of halogens is 1. The molecule has 1 aromatic heterocycles. The molecule has 0 radical (unpaired) electrons. The number of nitrogens with zero attached hydrogens (tertiary/aromatic N) is 4. The topological polar surface area (TPSA) is 91.6 Å². The van der Waals surface area contributed by atoms with Gasteiger partial charge in [0.25, 0.3) is 0 Å². The minimum atomic E-state index is -0.0484. The Kier molecular flexibility index (Phi) is 6.83. The number of aromatic nitrogens is 2. The molecule has 2 fully saturated rings. The summed E-state index contributed by atoms with van der Waals surface area (Å²) in [4.78, 5) is 33.5. The van der Waals surface area contributed by atoms with Gasteiger partial charge in [0, 0.05) is 35.8 Å². The molecule has 0 saturated carbocycles. The Bertz CT molecular complexity index is 1240.